The van der Waals surface area contributed by atoms with Gasteiger partial charge in [0.2, 0.25) is 0 Å². The number of thiocarbonyl (C=S) groups is 1. The predicted molar refractivity (Wildman–Crippen MR) is 68.5 cm³/mol. The second-order valence-corrected chi connectivity index (χ2v) is 4.22. The Bertz CT molecular complexity index is 579. The first kappa shape index (κ1) is 8.81. The number of fused-ring (bicyclic) bond motifs is 3. The van der Waals surface area contributed by atoms with Crippen molar-refractivity contribution in [3.8, 4) is 0 Å². The smallest absolute Gasteiger partial charge is 0.0449 e. The first-order valence-electron chi connectivity index (χ1n) is 5.08. The van der Waals surface area contributed by atoms with E-state index in [2.05, 4.69) is 42.5 Å². The summed E-state index contributed by atoms with van der Waals surface area (Å²) in [6.45, 7) is 0. The summed E-state index contributed by atoms with van der Waals surface area (Å²) >= 11 is 5.34. The Balaban J connectivity index is 2.41. The monoisotopic (exact) mass is 210 g/mol. The van der Waals surface area contributed by atoms with Crippen molar-refractivity contribution in [2.75, 3.05) is 0 Å². The van der Waals surface area contributed by atoms with E-state index in [-0.39, 0.29) is 0 Å². The molecule has 0 N–H and O–H groups in total. The summed E-state index contributed by atoms with van der Waals surface area (Å²) in [5, 5.41) is 2.64. The van der Waals surface area contributed by atoms with Crippen LogP contribution in [0.15, 0.2) is 48.6 Å². The topological polar surface area (TPSA) is 0 Å². The standard InChI is InChI=1S/C14H10S/c15-14-7-3-6-12-11-5-2-1-4-10(11)8-9-13(12)14/h1-5,7-9H,6H2. The maximum absolute atomic E-state index is 5.34. The molecule has 0 amide bonds. The van der Waals surface area contributed by atoms with Gasteiger partial charge in [-0.15, -0.1) is 0 Å². The van der Waals surface area contributed by atoms with Crippen LogP contribution in [0.5, 0.6) is 0 Å². The Morgan fingerprint density at radius 1 is 1.00 bits per heavy atom. The molecule has 1 heteroatoms. The van der Waals surface area contributed by atoms with Gasteiger partial charge in [0.15, 0.2) is 0 Å². The first-order chi connectivity index (χ1) is 7.36. The summed E-state index contributed by atoms with van der Waals surface area (Å²) < 4.78 is 0. The van der Waals surface area contributed by atoms with E-state index in [1.54, 1.807) is 0 Å². The molecule has 0 radical (unpaired) electrons. The number of rotatable bonds is 0. The highest BCUT2D eigenvalue weighted by atomic mass is 32.1. The van der Waals surface area contributed by atoms with Gasteiger partial charge in [-0.05, 0) is 34.4 Å². The molecule has 0 aliphatic heterocycles. The summed E-state index contributed by atoms with van der Waals surface area (Å²) in [7, 11) is 0. The van der Waals surface area contributed by atoms with Crippen LogP contribution in [0, 0.1) is 0 Å². The minimum absolute atomic E-state index is 0.960. The molecule has 0 saturated heterocycles. The average molecular weight is 210 g/mol. The van der Waals surface area contributed by atoms with Crippen LogP contribution in [0.3, 0.4) is 0 Å². The van der Waals surface area contributed by atoms with Crippen molar-refractivity contribution >= 4 is 27.9 Å². The molecule has 1 aliphatic rings. The fourth-order valence-electron chi connectivity index (χ4n) is 2.16. The zero-order chi connectivity index (χ0) is 10.3. The van der Waals surface area contributed by atoms with Gasteiger partial charge in [0, 0.05) is 4.86 Å². The molecule has 0 saturated carbocycles. The van der Waals surface area contributed by atoms with Crippen LogP contribution in [-0.4, -0.2) is 4.86 Å². The van der Waals surface area contributed by atoms with Crippen molar-refractivity contribution in [3.63, 3.8) is 0 Å². The van der Waals surface area contributed by atoms with Gasteiger partial charge in [-0.3, -0.25) is 0 Å². The van der Waals surface area contributed by atoms with E-state index in [4.69, 9.17) is 12.2 Å². The minimum Gasteiger partial charge on any atom is -0.0795 e. The van der Waals surface area contributed by atoms with Crippen LogP contribution in [0.25, 0.3) is 10.8 Å². The van der Waals surface area contributed by atoms with E-state index in [0.29, 0.717) is 0 Å². The average Bonchev–Trinajstić information content (AvgIpc) is 2.29. The van der Waals surface area contributed by atoms with E-state index < -0.39 is 0 Å². The lowest BCUT2D eigenvalue weighted by Gasteiger charge is -2.14. The lowest BCUT2D eigenvalue weighted by molar-refractivity contribution is 1.28. The molecule has 0 fully saturated rings. The van der Waals surface area contributed by atoms with Crippen LogP contribution in [-0.2, 0) is 6.42 Å². The molecular weight excluding hydrogens is 200 g/mol. The van der Waals surface area contributed by atoms with Gasteiger partial charge in [-0.2, -0.15) is 0 Å². The summed E-state index contributed by atoms with van der Waals surface area (Å²) in [5.41, 5.74) is 2.60. The van der Waals surface area contributed by atoms with E-state index in [1.807, 2.05) is 6.08 Å². The van der Waals surface area contributed by atoms with Gasteiger partial charge >= 0.3 is 0 Å². The maximum atomic E-state index is 5.34. The van der Waals surface area contributed by atoms with Crippen LogP contribution in [0.4, 0.5) is 0 Å². The number of hydrogen-bond donors (Lipinski definition) is 0. The Hall–Kier alpha value is -1.47. The lowest BCUT2D eigenvalue weighted by atomic mass is 9.91. The molecule has 0 atom stereocenters. The maximum Gasteiger partial charge on any atom is 0.0449 e. The zero-order valence-electron chi connectivity index (χ0n) is 8.23. The van der Waals surface area contributed by atoms with Gasteiger partial charge in [0.25, 0.3) is 0 Å². The van der Waals surface area contributed by atoms with Crippen LogP contribution < -0.4 is 0 Å². The van der Waals surface area contributed by atoms with E-state index in [0.717, 1.165) is 11.3 Å². The summed E-state index contributed by atoms with van der Waals surface area (Å²) in [4.78, 5) is 0.960. The zero-order valence-corrected chi connectivity index (χ0v) is 9.05. The van der Waals surface area contributed by atoms with Crippen LogP contribution in [0.2, 0.25) is 0 Å². The second kappa shape index (κ2) is 3.28. The van der Waals surface area contributed by atoms with Crippen molar-refractivity contribution in [2.24, 2.45) is 0 Å². The normalized spacial score (nSPS) is 14.3. The van der Waals surface area contributed by atoms with E-state index in [1.165, 1.54) is 21.9 Å². The van der Waals surface area contributed by atoms with Crippen molar-refractivity contribution < 1.29 is 0 Å². The molecule has 0 bridgehead atoms. The molecule has 2 aromatic rings. The lowest BCUT2D eigenvalue weighted by Crippen LogP contribution is -2.04. The Morgan fingerprint density at radius 3 is 2.80 bits per heavy atom. The molecule has 3 rings (SSSR count). The van der Waals surface area contributed by atoms with Crippen LogP contribution >= 0.6 is 12.2 Å². The molecule has 72 valence electrons. The van der Waals surface area contributed by atoms with Crippen molar-refractivity contribution in [2.45, 2.75) is 6.42 Å². The number of benzene rings is 2. The van der Waals surface area contributed by atoms with E-state index in [9.17, 15) is 0 Å². The fraction of sp³-hybridized carbons (Fsp3) is 0.0714. The fourth-order valence-corrected chi connectivity index (χ4v) is 2.45. The Labute approximate surface area is 94.2 Å². The summed E-state index contributed by atoms with van der Waals surface area (Å²) in [5.74, 6) is 0. The number of allylic oxidation sites excluding steroid dienone is 2. The molecule has 0 nitrogen and oxygen atoms in total. The molecule has 0 aromatic heterocycles. The molecule has 1 aliphatic carbocycles. The molecule has 0 spiro atoms. The van der Waals surface area contributed by atoms with Crippen LogP contribution in [0.1, 0.15) is 11.1 Å². The molecule has 15 heavy (non-hydrogen) atoms. The first-order valence-corrected chi connectivity index (χ1v) is 5.48. The molecule has 2 aromatic carbocycles. The third-order valence-electron chi connectivity index (χ3n) is 2.90. The second-order valence-electron chi connectivity index (χ2n) is 3.78. The highest BCUT2D eigenvalue weighted by molar-refractivity contribution is 7.81. The van der Waals surface area contributed by atoms with E-state index >= 15 is 0 Å². The third kappa shape index (κ3) is 1.31. The number of hydrogen-bond acceptors (Lipinski definition) is 1. The largest absolute Gasteiger partial charge is 0.0795 e. The van der Waals surface area contributed by atoms with Crippen molar-refractivity contribution in [1.29, 1.82) is 0 Å². The highest BCUT2D eigenvalue weighted by Gasteiger charge is 2.11. The molecule has 0 unspecified atom stereocenters. The third-order valence-corrected chi connectivity index (χ3v) is 3.25. The molecular formula is C14H10S. The quantitative estimate of drug-likeness (QED) is 0.598. The predicted octanol–water partition coefficient (Wildman–Crippen LogP) is 3.67. The van der Waals surface area contributed by atoms with Gasteiger partial charge in [0.1, 0.15) is 0 Å². The minimum atomic E-state index is 0.960. The molecule has 0 heterocycles. The Kier molecular flexibility index (Phi) is 1.93. The summed E-state index contributed by atoms with van der Waals surface area (Å²) in [6, 6.07) is 12.8. The van der Waals surface area contributed by atoms with Gasteiger partial charge < -0.3 is 0 Å². The van der Waals surface area contributed by atoms with Crippen molar-refractivity contribution in [1.82, 2.24) is 0 Å². The highest BCUT2D eigenvalue weighted by Crippen LogP contribution is 2.26. The van der Waals surface area contributed by atoms with Gasteiger partial charge in [-0.1, -0.05) is 54.7 Å². The van der Waals surface area contributed by atoms with Crippen molar-refractivity contribution in [3.05, 3.63) is 59.7 Å². The summed E-state index contributed by atoms with van der Waals surface area (Å²) in [6.07, 6.45) is 5.18. The SMILES string of the molecule is S=C1C=CCc2c1ccc1ccccc21. The van der Waals surface area contributed by atoms with Gasteiger partial charge in [-0.25, -0.2) is 0 Å². The van der Waals surface area contributed by atoms with Gasteiger partial charge in [0.05, 0.1) is 0 Å². The Morgan fingerprint density at radius 2 is 1.87 bits per heavy atom.